The van der Waals surface area contributed by atoms with Crippen LogP contribution in [-0.2, 0) is 0 Å². The molecule has 0 spiro atoms. The Hall–Kier alpha value is 0.340. The predicted molar refractivity (Wildman–Crippen MR) is 55.5 cm³/mol. The quantitative estimate of drug-likeness (QED) is 0.696. The van der Waals surface area contributed by atoms with E-state index in [0.29, 0.717) is 11.1 Å². The highest BCUT2D eigenvalue weighted by Gasteiger charge is 1.99. The molecule has 0 heterocycles. The van der Waals surface area contributed by atoms with Gasteiger partial charge in [-0.3, -0.25) is 0 Å². The number of halogens is 1. The minimum atomic E-state index is 0.540. The van der Waals surface area contributed by atoms with Gasteiger partial charge in [0.2, 0.25) is 0 Å². The third-order valence-electron chi connectivity index (χ3n) is 1.40. The Labute approximate surface area is 78.6 Å². The van der Waals surface area contributed by atoms with Gasteiger partial charge in [-0.05, 0) is 25.4 Å². The van der Waals surface area contributed by atoms with Gasteiger partial charge in [0.25, 0.3) is 0 Å². The molecule has 0 saturated carbocycles. The van der Waals surface area contributed by atoms with Crippen molar-refractivity contribution in [3.05, 3.63) is 11.6 Å². The summed E-state index contributed by atoms with van der Waals surface area (Å²) in [6, 6.07) is 0.540. The highest BCUT2D eigenvalue weighted by molar-refractivity contribution is 7.98. The Kier molecular flexibility index (Phi) is 7.23. The van der Waals surface area contributed by atoms with Crippen LogP contribution < -0.4 is 5.32 Å². The lowest BCUT2D eigenvalue weighted by molar-refractivity contribution is 0.569. The first-order valence-electron chi connectivity index (χ1n) is 3.72. The van der Waals surface area contributed by atoms with E-state index in [2.05, 4.69) is 25.1 Å². The van der Waals surface area contributed by atoms with Crippen LogP contribution in [0.2, 0.25) is 0 Å². The molecule has 0 radical (unpaired) electrons. The molecular formula is C8H16ClNS. The fourth-order valence-electron chi connectivity index (χ4n) is 0.682. The Balaban J connectivity index is 3.22. The molecule has 3 heteroatoms. The zero-order valence-corrected chi connectivity index (χ0v) is 8.76. The molecule has 0 bridgehead atoms. The monoisotopic (exact) mass is 193 g/mol. The van der Waals surface area contributed by atoms with Crippen molar-refractivity contribution >= 4 is 23.4 Å². The van der Waals surface area contributed by atoms with Crippen LogP contribution in [0.1, 0.15) is 13.3 Å². The van der Waals surface area contributed by atoms with Crippen molar-refractivity contribution in [3.63, 3.8) is 0 Å². The minimum Gasteiger partial charge on any atom is -0.309 e. The van der Waals surface area contributed by atoms with E-state index < -0.39 is 0 Å². The van der Waals surface area contributed by atoms with Gasteiger partial charge in [0.1, 0.15) is 0 Å². The highest BCUT2D eigenvalue weighted by Crippen LogP contribution is 2.01. The summed E-state index contributed by atoms with van der Waals surface area (Å²) in [7, 11) is 0. The lowest BCUT2D eigenvalue weighted by Gasteiger charge is -2.11. The van der Waals surface area contributed by atoms with Crippen molar-refractivity contribution in [1.29, 1.82) is 0 Å². The molecule has 66 valence electrons. The first kappa shape index (κ1) is 11.3. The van der Waals surface area contributed by atoms with Gasteiger partial charge in [-0.1, -0.05) is 18.2 Å². The molecule has 1 unspecified atom stereocenters. The second kappa shape index (κ2) is 7.01. The SMILES string of the molecule is C=C(Cl)CNC(C)CCSC. The number of hydrogen-bond acceptors (Lipinski definition) is 2. The van der Waals surface area contributed by atoms with Gasteiger partial charge in [-0.2, -0.15) is 11.8 Å². The van der Waals surface area contributed by atoms with Gasteiger partial charge in [-0.15, -0.1) is 0 Å². The first-order valence-corrected chi connectivity index (χ1v) is 5.49. The molecule has 1 atom stereocenters. The third-order valence-corrected chi connectivity index (χ3v) is 2.17. The van der Waals surface area contributed by atoms with Gasteiger partial charge < -0.3 is 5.32 Å². The molecule has 0 aromatic heterocycles. The topological polar surface area (TPSA) is 12.0 Å². The summed E-state index contributed by atoms with van der Waals surface area (Å²) in [4.78, 5) is 0. The van der Waals surface area contributed by atoms with Crippen molar-refractivity contribution in [2.45, 2.75) is 19.4 Å². The minimum absolute atomic E-state index is 0.540. The fourth-order valence-corrected chi connectivity index (χ4v) is 1.35. The Bertz CT molecular complexity index is 117. The summed E-state index contributed by atoms with van der Waals surface area (Å²) < 4.78 is 0. The average Bonchev–Trinajstić information content (AvgIpc) is 1.97. The summed E-state index contributed by atoms with van der Waals surface area (Å²) in [5, 5.41) is 3.95. The van der Waals surface area contributed by atoms with Gasteiger partial charge >= 0.3 is 0 Å². The molecule has 11 heavy (non-hydrogen) atoms. The van der Waals surface area contributed by atoms with Crippen LogP contribution in [-0.4, -0.2) is 24.6 Å². The Morgan fingerprint density at radius 1 is 1.73 bits per heavy atom. The van der Waals surface area contributed by atoms with E-state index >= 15 is 0 Å². The van der Waals surface area contributed by atoms with Crippen LogP contribution >= 0.6 is 23.4 Å². The van der Waals surface area contributed by atoms with Crippen molar-refractivity contribution in [2.75, 3.05) is 18.6 Å². The molecule has 0 rings (SSSR count). The molecular weight excluding hydrogens is 178 g/mol. The molecule has 0 aliphatic rings. The second-order valence-electron chi connectivity index (χ2n) is 2.58. The maximum atomic E-state index is 5.59. The smallest absolute Gasteiger partial charge is 0.0309 e. The molecule has 0 aromatic carbocycles. The van der Waals surface area contributed by atoms with E-state index in [9.17, 15) is 0 Å². The van der Waals surface area contributed by atoms with E-state index in [1.54, 1.807) is 0 Å². The Morgan fingerprint density at radius 3 is 2.82 bits per heavy atom. The average molecular weight is 194 g/mol. The number of rotatable bonds is 6. The van der Waals surface area contributed by atoms with E-state index in [-0.39, 0.29) is 0 Å². The normalized spacial score (nSPS) is 13.0. The molecule has 0 aromatic rings. The number of nitrogens with one attached hydrogen (secondary N) is 1. The first-order chi connectivity index (χ1) is 5.16. The summed E-state index contributed by atoms with van der Waals surface area (Å²) >= 11 is 7.46. The lowest BCUT2D eigenvalue weighted by Crippen LogP contribution is -2.27. The zero-order chi connectivity index (χ0) is 8.69. The summed E-state index contributed by atoms with van der Waals surface area (Å²) in [5.41, 5.74) is 0. The van der Waals surface area contributed by atoms with Crippen LogP contribution in [0.25, 0.3) is 0 Å². The van der Waals surface area contributed by atoms with E-state index in [4.69, 9.17) is 11.6 Å². The molecule has 1 nitrogen and oxygen atoms in total. The number of thioether (sulfide) groups is 1. The van der Waals surface area contributed by atoms with E-state index in [0.717, 1.165) is 6.54 Å². The highest BCUT2D eigenvalue weighted by atomic mass is 35.5. The maximum Gasteiger partial charge on any atom is 0.0309 e. The summed E-state index contributed by atoms with van der Waals surface area (Å²) in [6.07, 6.45) is 3.30. The standard InChI is InChI=1S/C8H16ClNS/c1-7(9)6-10-8(2)4-5-11-3/h8,10H,1,4-6H2,2-3H3. The largest absolute Gasteiger partial charge is 0.309 e. The van der Waals surface area contributed by atoms with Crippen LogP contribution in [0.5, 0.6) is 0 Å². The second-order valence-corrected chi connectivity index (χ2v) is 4.10. The van der Waals surface area contributed by atoms with Crippen molar-refractivity contribution in [2.24, 2.45) is 0 Å². The predicted octanol–water partition coefficient (Wildman–Crippen LogP) is 2.47. The van der Waals surface area contributed by atoms with Crippen molar-refractivity contribution in [1.82, 2.24) is 5.32 Å². The molecule has 0 aliphatic heterocycles. The van der Waals surface area contributed by atoms with Crippen LogP contribution in [0, 0.1) is 0 Å². The van der Waals surface area contributed by atoms with Crippen LogP contribution in [0.4, 0.5) is 0 Å². The Morgan fingerprint density at radius 2 is 2.36 bits per heavy atom. The third kappa shape index (κ3) is 8.24. The van der Waals surface area contributed by atoms with Gasteiger partial charge in [0.05, 0.1) is 0 Å². The summed E-state index contributed by atoms with van der Waals surface area (Å²) in [6.45, 7) is 6.49. The molecule has 0 aliphatic carbocycles. The summed E-state index contributed by atoms with van der Waals surface area (Å²) in [5.74, 6) is 1.20. The van der Waals surface area contributed by atoms with Gasteiger partial charge in [0, 0.05) is 17.6 Å². The van der Waals surface area contributed by atoms with E-state index in [1.165, 1.54) is 12.2 Å². The molecule has 0 saturated heterocycles. The van der Waals surface area contributed by atoms with Crippen LogP contribution in [0.15, 0.2) is 11.6 Å². The van der Waals surface area contributed by atoms with Crippen molar-refractivity contribution in [3.8, 4) is 0 Å². The van der Waals surface area contributed by atoms with Crippen molar-refractivity contribution < 1.29 is 0 Å². The lowest BCUT2D eigenvalue weighted by atomic mass is 10.2. The van der Waals surface area contributed by atoms with E-state index in [1.807, 2.05) is 11.8 Å². The molecule has 0 amide bonds. The van der Waals surface area contributed by atoms with Gasteiger partial charge in [-0.25, -0.2) is 0 Å². The number of hydrogen-bond donors (Lipinski definition) is 1. The van der Waals surface area contributed by atoms with Gasteiger partial charge in [0.15, 0.2) is 0 Å². The zero-order valence-electron chi connectivity index (χ0n) is 7.19. The molecule has 0 fully saturated rings. The fraction of sp³-hybridized carbons (Fsp3) is 0.750. The van der Waals surface area contributed by atoms with Crippen LogP contribution in [0.3, 0.4) is 0 Å². The maximum absolute atomic E-state index is 5.59. The molecule has 1 N–H and O–H groups in total.